The molecule has 20 heavy (non-hydrogen) atoms. The van der Waals surface area contributed by atoms with Gasteiger partial charge in [0.05, 0.1) is 5.60 Å². The first-order valence-corrected chi connectivity index (χ1v) is 8.00. The maximum Gasteiger partial charge on any atom is 0.0692 e. The Bertz CT molecular complexity index is 446. The Kier molecular flexibility index (Phi) is 4.92. The van der Waals surface area contributed by atoms with Crippen LogP contribution in [0.3, 0.4) is 0 Å². The third-order valence-corrected chi connectivity index (χ3v) is 5.24. The second kappa shape index (κ2) is 6.31. The average molecular weight is 278 g/mol. The Morgan fingerprint density at radius 3 is 2.60 bits per heavy atom. The van der Waals surface area contributed by atoms with Crippen LogP contribution >= 0.6 is 0 Å². The molecular formula is C17H30N2O. The highest BCUT2D eigenvalue weighted by atomic mass is 16.5. The van der Waals surface area contributed by atoms with Gasteiger partial charge >= 0.3 is 0 Å². The van der Waals surface area contributed by atoms with Crippen molar-refractivity contribution in [3.8, 4) is 0 Å². The van der Waals surface area contributed by atoms with Crippen molar-refractivity contribution < 1.29 is 4.74 Å². The molecule has 1 aliphatic heterocycles. The first kappa shape index (κ1) is 15.6. The molecule has 2 heterocycles. The number of ether oxygens (including phenoxy) is 1. The van der Waals surface area contributed by atoms with Gasteiger partial charge in [0.1, 0.15) is 0 Å². The van der Waals surface area contributed by atoms with Crippen molar-refractivity contribution in [2.75, 3.05) is 6.61 Å². The smallest absolute Gasteiger partial charge is 0.0692 e. The summed E-state index contributed by atoms with van der Waals surface area (Å²) in [5.74, 6) is 0. The van der Waals surface area contributed by atoms with E-state index in [2.05, 4.69) is 50.7 Å². The van der Waals surface area contributed by atoms with Crippen molar-refractivity contribution in [2.45, 2.75) is 71.6 Å². The first-order valence-electron chi connectivity index (χ1n) is 8.00. The lowest BCUT2D eigenvalue weighted by Gasteiger charge is -2.40. The second-order valence-electron chi connectivity index (χ2n) is 6.26. The molecule has 3 nitrogen and oxygen atoms in total. The Labute approximate surface area is 123 Å². The second-order valence-corrected chi connectivity index (χ2v) is 6.26. The van der Waals surface area contributed by atoms with E-state index in [9.17, 15) is 0 Å². The van der Waals surface area contributed by atoms with E-state index in [1.165, 1.54) is 17.0 Å². The van der Waals surface area contributed by atoms with Crippen LogP contribution in [0.25, 0.3) is 0 Å². The van der Waals surface area contributed by atoms with Crippen molar-refractivity contribution in [1.29, 1.82) is 0 Å². The summed E-state index contributed by atoms with van der Waals surface area (Å²) in [4.78, 5) is 0. The van der Waals surface area contributed by atoms with Crippen LogP contribution < -0.4 is 5.32 Å². The van der Waals surface area contributed by atoms with Gasteiger partial charge in [0.15, 0.2) is 0 Å². The van der Waals surface area contributed by atoms with Gasteiger partial charge in [0.2, 0.25) is 0 Å². The monoisotopic (exact) mass is 278 g/mol. The minimum Gasteiger partial charge on any atom is -0.375 e. The van der Waals surface area contributed by atoms with E-state index in [4.69, 9.17) is 4.74 Å². The molecule has 1 aliphatic rings. The maximum atomic E-state index is 6.05. The zero-order valence-electron chi connectivity index (χ0n) is 13.8. The highest BCUT2D eigenvalue weighted by Crippen LogP contribution is 2.31. The summed E-state index contributed by atoms with van der Waals surface area (Å²) in [6.45, 7) is 10.7. The quantitative estimate of drug-likeness (QED) is 0.892. The molecule has 0 spiro atoms. The number of hydrogen-bond acceptors (Lipinski definition) is 2. The molecule has 1 unspecified atom stereocenters. The van der Waals surface area contributed by atoms with Gasteiger partial charge in [-0.3, -0.25) is 0 Å². The predicted molar refractivity (Wildman–Crippen MR) is 84.0 cm³/mol. The topological polar surface area (TPSA) is 26.2 Å². The normalized spacial score (nSPS) is 22.1. The summed E-state index contributed by atoms with van der Waals surface area (Å²) in [5, 5.41) is 3.75. The standard InChI is InChI=1S/C17H30N2O/c1-6-17(7-2)11-16(8-9-20-17)18-12-15-10-13(3)19(5)14(15)4/h10,16,18H,6-9,11-12H2,1-5H3. The van der Waals surface area contributed by atoms with E-state index < -0.39 is 0 Å². The van der Waals surface area contributed by atoms with E-state index in [0.717, 1.165) is 38.8 Å². The fraction of sp³-hybridized carbons (Fsp3) is 0.765. The number of nitrogens with one attached hydrogen (secondary N) is 1. The summed E-state index contributed by atoms with van der Waals surface area (Å²) >= 11 is 0. The molecule has 0 saturated carbocycles. The molecule has 1 aromatic heterocycles. The van der Waals surface area contributed by atoms with Gasteiger partial charge < -0.3 is 14.6 Å². The van der Waals surface area contributed by atoms with Crippen LogP contribution in [0.5, 0.6) is 0 Å². The van der Waals surface area contributed by atoms with Crippen molar-refractivity contribution in [1.82, 2.24) is 9.88 Å². The van der Waals surface area contributed by atoms with Crippen LogP contribution in [-0.4, -0.2) is 22.8 Å². The van der Waals surface area contributed by atoms with Gasteiger partial charge in [-0.2, -0.15) is 0 Å². The van der Waals surface area contributed by atoms with Gasteiger partial charge in [0, 0.05) is 37.6 Å². The molecular weight excluding hydrogens is 248 g/mol. The molecule has 3 heteroatoms. The highest BCUT2D eigenvalue weighted by molar-refractivity contribution is 5.26. The van der Waals surface area contributed by atoms with Gasteiger partial charge in [-0.15, -0.1) is 0 Å². The molecule has 0 radical (unpaired) electrons. The number of rotatable bonds is 5. The lowest BCUT2D eigenvalue weighted by Crippen LogP contribution is -2.46. The Morgan fingerprint density at radius 1 is 1.35 bits per heavy atom. The molecule has 0 bridgehead atoms. The molecule has 114 valence electrons. The van der Waals surface area contributed by atoms with Crippen LogP contribution in [0.1, 0.15) is 56.5 Å². The SMILES string of the molecule is CCC1(CC)CC(NCc2cc(C)n(C)c2C)CCO1. The van der Waals surface area contributed by atoms with Crippen molar-refractivity contribution >= 4 is 0 Å². The van der Waals surface area contributed by atoms with E-state index >= 15 is 0 Å². The fourth-order valence-electron chi connectivity index (χ4n) is 3.31. The van der Waals surface area contributed by atoms with Crippen LogP contribution in [0.2, 0.25) is 0 Å². The Balaban J connectivity index is 1.95. The van der Waals surface area contributed by atoms with Crippen molar-refractivity contribution in [3.05, 3.63) is 23.0 Å². The highest BCUT2D eigenvalue weighted by Gasteiger charge is 2.34. The molecule has 0 amide bonds. The zero-order valence-corrected chi connectivity index (χ0v) is 13.8. The number of nitrogens with zero attached hydrogens (tertiary/aromatic N) is 1. The van der Waals surface area contributed by atoms with E-state index in [1.807, 2.05) is 0 Å². The molecule has 0 aromatic carbocycles. The van der Waals surface area contributed by atoms with Gasteiger partial charge in [-0.1, -0.05) is 13.8 Å². The summed E-state index contributed by atoms with van der Waals surface area (Å²) in [7, 11) is 2.14. The molecule has 2 rings (SSSR count). The minimum absolute atomic E-state index is 0.109. The van der Waals surface area contributed by atoms with Gasteiger partial charge in [0.25, 0.3) is 0 Å². The maximum absolute atomic E-state index is 6.05. The molecule has 1 N–H and O–H groups in total. The van der Waals surface area contributed by atoms with Crippen LogP contribution in [0.15, 0.2) is 6.07 Å². The Morgan fingerprint density at radius 2 is 2.05 bits per heavy atom. The van der Waals surface area contributed by atoms with E-state index in [-0.39, 0.29) is 5.60 Å². The summed E-state index contributed by atoms with van der Waals surface area (Å²) in [6.07, 6.45) is 4.51. The lowest BCUT2D eigenvalue weighted by molar-refractivity contribution is -0.0932. The summed E-state index contributed by atoms with van der Waals surface area (Å²) in [6, 6.07) is 2.89. The largest absolute Gasteiger partial charge is 0.375 e. The lowest BCUT2D eigenvalue weighted by atomic mass is 9.86. The number of hydrogen-bond donors (Lipinski definition) is 1. The van der Waals surface area contributed by atoms with E-state index in [1.54, 1.807) is 0 Å². The van der Waals surface area contributed by atoms with E-state index in [0.29, 0.717) is 6.04 Å². The number of aromatic nitrogens is 1. The molecule has 1 aromatic rings. The molecule has 1 fully saturated rings. The van der Waals surface area contributed by atoms with Gasteiger partial charge in [-0.25, -0.2) is 0 Å². The zero-order chi connectivity index (χ0) is 14.8. The molecule has 1 saturated heterocycles. The summed E-state index contributed by atoms with van der Waals surface area (Å²) < 4.78 is 8.32. The molecule has 0 aliphatic carbocycles. The first-order chi connectivity index (χ1) is 9.51. The minimum atomic E-state index is 0.109. The Hall–Kier alpha value is -0.800. The van der Waals surface area contributed by atoms with Crippen molar-refractivity contribution in [2.24, 2.45) is 7.05 Å². The average Bonchev–Trinajstić information content (AvgIpc) is 2.72. The van der Waals surface area contributed by atoms with Crippen LogP contribution in [0.4, 0.5) is 0 Å². The third-order valence-electron chi connectivity index (χ3n) is 5.24. The summed E-state index contributed by atoms with van der Waals surface area (Å²) in [5.41, 5.74) is 4.24. The number of aryl methyl sites for hydroxylation is 1. The van der Waals surface area contributed by atoms with Crippen molar-refractivity contribution in [3.63, 3.8) is 0 Å². The van der Waals surface area contributed by atoms with Crippen LogP contribution in [0, 0.1) is 13.8 Å². The molecule has 1 atom stereocenters. The third kappa shape index (κ3) is 3.09. The van der Waals surface area contributed by atoms with Crippen LogP contribution in [-0.2, 0) is 18.3 Å². The predicted octanol–water partition coefficient (Wildman–Crippen LogP) is 3.47. The van der Waals surface area contributed by atoms with Gasteiger partial charge in [-0.05, 0) is 51.2 Å². The fourth-order valence-corrected chi connectivity index (χ4v) is 3.31.